The minimum Gasteiger partial charge on any atom is -0.506 e. The van der Waals surface area contributed by atoms with E-state index in [4.69, 9.17) is 0 Å². The van der Waals surface area contributed by atoms with E-state index >= 15 is 0 Å². The first-order chi connectivity index (χ1) is 10.5. The van der Waals surface area contributed by atoms with Gasteiger partial charge in [-0.05, 0) is 74.2 Å². The van der Waals surface area contributed by atoms with Gasteiger partial charge in [-0.2, -0.15) is 0 Å². The number of pyridine rings is 1. The molecule has 3 aromatic rings. The van der Waals surface area contributed by atoms with Gasteiger partial charge in [-0.3, -0.25) is 4.79 Å². The van der Waals surface area contributed by atoms with Gasteiger partial charge in [-0.15, -0.1) is 0 Å². The number of hydrogen-bond donors (Lipinski definition) is 1. The first-order valence-corrected chi connectivity index (χ1v) is 8.43. The predicted octanol–water partition coefficient (Wildman–Crippen LogP) is 4.96. The maximum Gasteiger partial charge on any atom is 0.210 e. The van der Waals surface area contributed by atoms with Crippen LogP contribution < -0.4 is 0 Å². The van der Waals surface area contributed by atoms with Gasteiger partial charge in [-0.25, -0.2) is 0 Å². The third kappa shape index (κ3) is 2.48. The molecule has 2 aromatic heterocycles. The molecule has 0 amide bonds. The Morgan fingerprint density at radius 1 is 1.18 bits per heavy atom. The molecule has 1 N–H and O–H groups in total. The largest absolute Gasteiger partial charge is 0.506 e. The first kappa shape index (κ1) is 15.3. The van der Waals surface area contributed by atoms with Crippen molar-refractivity contribution in [2.45, 2.75) is 13.3 Å². The molecule has 5 heteroatoms. The average molecular weight is 423 g/mol. The van der Waals surface area contributed by atoms with Crippen molar-refractivity contribution in [2.75, 3.05) is 0 Å². The number of aryl methyl sites for hydroxylation is 1. The molecule has 3 rings (SSSR count). The molecule has 3 nitrogen and oxygen atoms in total. The van der Waals surface area contributed by atoms with Crippen molar-refractivity contribution in [3.63, 3.8) is 0 Å². The molecule has 112 valence electrons. The Kier molecular flexibility index (Phi) is 4.10. The Balaban J connectivity index is 2.21. The van der Waals surface area contributed by atoms with Gasteiger partial charge >= 0.3 is 0 Å². The van der Waals surface area contributed by atoms with Crippen molar-refractivity contribution < 1.29 is 9.90 Å². The van der Waals surface area contributed by atoms with E-state index in [1.165, 1.54) is 0 Å². The monoisotopic (exact) mass is 421 g/mol. The number of halogens is 2. The number of aromatic hydroxyl groups is 1. The summed E-state index contributed by atoms with van der Waals surface area (Å²) in [6.45, 7) is 2.04. The zero-order chi connectivity index (χ0) is 15.9. The molecule has 0 atom stereocenters. The number of rotatable bonds is 3. The van der Waals surface area contributed by atoms with E-state index in [0.29, 0.717) is 20.2 Å². The summed E-state index contributed by atoms with van der Waals surface area (Å²) in [5.74, 6) is 0.0248. The molecule has 0 radical (unpaired) electrons. The number of phenolic OH excluding ortho intramolecular Hbond substituents is 1. The second kappa shape index (κ2) is 5.89. The number of benzene rings is 1. The zero-order valence-electron chi connectivity index (χ0n) is 11.8. The third-order valence-corrected chi connectivity index (χ3v) is 4.84. The zero-order valence-corrected chi connectivity index (χ0v) is 15.0. The minimum atomic E-state index is -0.0653. The number of ketones is 1. The SMILES string of the molecule is CCc1cc2ccccn2c1C(=O)c1cc(Br)c(O)c(Br)c1. The van der Waals surface area contributed by atoms with Crippen molar-refractivity contribution in [1.29, 1.82) is 0 Å². The van der Waals surface area contributed by atoms with Crippen LogP contribution in [0.25, 0.3) is 5.52 Å². The number of phenols is 1. The van der Waals surface area contributed by atoms with E-state index in [1.54, 1.807) is 12.1 Å². The van der Waals surface area contributed by atoms with Gasteiger partial charge in [0, 0.05) is 17.3 Å². The van der Waals surface area contributed by atoms with E-state index in [2.05, 4.69) is 31.9 Å². The van der Waals surface area contributed by atoms with Gasteiger partial charge in [0.1, 0.15) is 5.75 Å². The molecule has 0 aliphatic heterocycles. The van der Waals surface area contributed by atoms with Gasteiger partial charge in [0.05, 0.1) is 14.6 Å². The lowest BCUT2D eigenvalue weighted by molar-refractivity contribution is 0.103. The van der Waals surface area contributed by atoms with E-state index < -0.39 is 0 Å². The van der Waals surface area contributed by atoms with Gasteiger partial charge in [0.25, 0.3) is 0 Å². The Hall–Kier alpha value is -1.59. The highest BCUT2D eigenvalue weighted by molar-refractivity contribution is 9.11. The summed E-state index contributed by atoms with van der Waals surface area (Å²) >= 11 is 6.55. The molecule has 1 aromatic carbocycles. The lowest BCUT2D eigenvalue weighted by atomic mass is 10.0. The van der Waals surface area contributed by atoms with Crippen LogP contribution >= 0.6 is 31.9 Å². The van der Waals surface area contributed by atoms with Crippen LogP contribution in [0.2, 0.25) is 0 Å². The highest BCUT2D eigenvalue weighted by Gasteiger charge is 2.20. The lowest BCUT2D eigenvalue weighted by Crippen LogP contribution is -2.08. The van der Waals surface area contributed by atoms with Crippen molar-refractivity contribution >= 4 is 43.2 Å². The second-order valence-electron chi connectivity index (χ2n) is 4.98. The number of carbonyl (C=O) groups excluding carboxylic acids is 1. The second-order valence-corrected chi connectivity index (χ2v) is 6.69. The molecule has 0 aliphatic carbocycles. The Bertz CT molecular complexity index is 860. The molecule has 0 fully saturated rings. The smallest absolute Gasteiger partial charge is 0.210 e. The molecule has 22 heavy (non-hydrogen) atoms. The van der Waals surface area contributed by atoms with Crippen LogP contribution in [-0.2, 0) is 6.42 Å². The van der Waals surface area contributed by atoms with Crippen molar-refractivity contribution in [2.24, 2.45) is 0 Å². The summed E-state index contributed by atoms with van der Waals surface area (Å²) in [4.78, 5) is 13.0. The first-order valence-electron chi connectivity index (χ1n) is 6.84. The molecule has 0 spiro atoms. The van der Waals surface area contributed by atoms with Crippen molar-refractivity contribution in [3.05, 3.63) is 68.4 Å². The van der Waals surface area contributed by atoms with Crippen LogP contribution in [0.15, 0.2) is 51.5 Å². The maximum atomic E-state index is 13.0. The van der Waals surface area contributed by atoms with Gasteiger partial charge in [0.15, 0.2) is 0 Å². The van der Waals surface area contributed by atoms with Gasteiger partial charge in [-0.1, -0.05) is 13.0 Å². The molecule has 0 saturated heterocycles. The van der Waals surface area contributed by atoms with Crippen LogP contribution in [0.5, 0.6) is 5.75 Å². The lowest BCUT2D eigenvalue weighted by Gasteiger charge is -2.08. The topological polar surface area (TPSA) is 41.7 Å². The molecule has 0 bridgehead atoms. The van der Waals surface area contributed by atoms with Crippen LogP contribution in [0.4, 0.5) is 0 Å². The number of nitrogens with zero attached hydrogens (tertiary/aromatic N) is 1. The summed E-state index contributed by atoms with van der Waals surface area (Å²) in [6.07, 6.45) is 2.68. The van der Waals surface area contributed by atoms with Gasteiger partial charge in [0.2, 0.25) is 5.78 Å². The number of hydrogen-bond acceptors (Lipinski definition) is 2. The Morgan fingerprint density at radius 2 is 1.86 bits per heavy atom. The van der Waals surface area contributed by atoms with E-state index in [1.807, 2.05) is 41.8 Å². The van der Waals surface area contributed by atoms with Crippen molar-refractivity contribution in [3.8, 4) is 5.75 Å². The van der Waals surface area contributed by atoms with E-state index in [0.717, 1.165) is 17.5 Å². The Morgan fingerprint density at radius 3 is 2.50 bits per heavy atom. The minimum absolute atomic E-state index is 0.0653. The average Bonchev–Trinajstić information content (AvgIpc) is 2.89. The third-order valence-electron chi connectivity index (χ3n) is 3.63. The van der Waals surface area contributed by atoms with E-state index in [-0.39, 0.29) is 11.5 Å². The maximum absolute atomic E-state index is 13.0. The summed E-state index contributed by atoms with van der Waals surface area (Å²) in [5.41, 5.74) is 3.20. The number of carbonyl (C=O) groups is 1. The normalized spacial score (nSPS) is 11.0. The predicted molar refractivity (Wildman–Crippen MR) is 93.7 cm³/mol. The highest BCUT2D eigenvalue weighted by Crippen LogP contribution is 2.34. The fraction of sp³-hybridized carbons (Fsp3) is 0.118. The summed E-state index contributed by atoms with van der Waals surface area (Å²) in [6, 6.07) is 11.2. The van der Waals surface area contributed by atoms with E-state index in [9.17, 15) is 9.90 Å². The number of fused-ring (bicyclic) bond motifs is 1. The van der Waals surface area contributed by atoms with Crippen LogP contribution in [0, 0.1) is 0 Å². The molecular weight excluding hydrogens is 410 g/mol. The fourth-order valence-electron chi connectivity index (χ4n) is 2.54. The van der Waals surface area contributed by atoms with Gasteiger partial charge < -0.3 is 9.51 Å². The molecule has 2 heterocycles. The highest BCUT2D eigenvalue weighted by atomic mass is 79.9. The Labute approximate surface area is 144 Å². The summed E-state index contributed by atoms with van der Waals surface area (Å²) < 4.78 is 2.89. The standard InChI is InChI=1S/C17H13Br2NO2/c1-2-10-7-12-5-3-4-6-20(12)15(10)16(21)11-8-13(18)17(22)14(19)9-11/h3-9,22H,2H2,1H3. The van der Waals surface area contributed by atoms with Crippen LogP contribution in [-0.4, -0.2) is 15.3 Å². The number of aromatic nitrogens is 1. The molecule has 0 saturated carbocycles. The molecule has 0 aliphatic rings. The van der Waals surface area contributed by atoms with Crippen LogP contribution in [0.1, 0.15) is 28.5 Å². The molecular formula is C17H13Br2NO2. The quantitative estimate of drug-likeness (QED) is 0.606. The molecule has 0 unspecified atom stereocenters. The fourth-order valence-corrected chi connectivity index (χ4v) is 3.72. The summed E-state index contributed by atoms with van der Waals surface area (Å²) in [5, 5.41) is 9.81. The van der Waals surface area contributed by atoms with Crippen molar-refractivity contribution in [1.82, 2.24) is 4.40 Å². The van der Waals surface area contributed by atoms with Crippen LogP contribution in [0.3, 0.4) is 0 Å². The summed E-state index contributed by atoms with van der Waals surface area (Å²) in [7, 11) is 0.